The average Bonchev–Trinajstić information content (AvgIpc) is 2.34. The maximum atomic E-state index is 13.1. The van der Waals surface area contributed by atoms with Gasteiger partial charge in [-0.1, -0.05) is 6.92 Å². The number of hydrogen-bond donors (Lipinski definition) is 2. The van der Waals surface area contributed by atoms with Crippen molar-refractivity contribution < 1.29 is 14.3 Å². The number of pyridine rings is 1. The zero-order chi connectivity index (χ0) is 12.7. The summed E-state index contributed by atoms with van der Waals surface area (Å²) in [4.78, 5) is 14.9. The second-order valence-electron chi connectivity index (χ2n) is 4.03. The number of nitrogens with one attached hydrogen (secondary N) is 1. The summed E-state index contributed by atoms with van der Waals surface area (Å²) in [6.45, 7) is 2.55. The van der Waals surface area contributed by atoms with Crippen LogP contribution in [0.3, 0.4) is 0 Å². The molecule has 1 atom stereocenters. The van der Waals surface area contributed by atoms with Crippen LogP contribution in [-0.4, -0.2) is 29.1 Å². The molecule has 1 aromatic heterocycles. The van der Waals surface area contributed by atoms with Gasteiger partial charge < -0.3 is 10.4 Å². The van der Waals surface area contributed by atoms with Gasteiger partial charge >= 0.3 is 0 Å². The molecule has 1 amide bonds. The number of aliphatic hydroxyl groups excluding tert-OH is 1. The lowest BCUT2D eigenvalue weighted by molar-refractivity contribution is 0.0947. The van der Waals surface area contributed by atoms with Gasteiger partial charge in [-0.15, -0.1) is 0 Å². The van der Waals surface area contributed by atoms with Crippen molar-refractivity contribution in [3.8, 4) is 0 Å². The molecule has 0 fully saturated rings. The Morgan fingerprint density at radius 1 is 1.65 bits per heavy atom. The fourth-order valence-corrected chi connectivity index (χ4v) is 1.39. The molecular weight excluding hydrogens is 223 g/mol. The van der Waals surface area contributed by atoms with Crippen molar-refractivity contribution in [2.45, 2.75) is 19.8 Å². The van der Waals surface area contributed by atoms with E-state index in [1.165, 1.54) is 18.3 Å². The van der Waals surface area contributed by atoms with Crippen LogP contribution in [0.25, 0.3) is 0 Å². The van der Waals surface area contributed by atoms with Crippen molar-refractivity contribution in [1.29, 1.82) is 0 Å². The van der Waals surface area contributed by atoms with Crippen LogP contribution in [0.15, 0.2) is 18.3 Å². The molecule has 17 heavy (non-hydrogen) atoms. The Kier molecular flexibility index (Phi) is 5.56. The Morgan fingerprint density at radius 2 is 2.41 bits per heavy atom. The molecule has 0 saturated carbocycles. The van der Waals surface area contributed by atoms with Gasteiger partial charge in [0, 0.05) is 19.3 Å². The number of amides is 1. The number of hydrogen-bond acceptors (Lipinski definition) is 3. The SMILES string of the molecule is CC(CO)CCCNC(=O)c1cccnc1F. The molecule has 0 aromatic carbocycles. The van der Waals surface area contributed by atoms with Gasteiger partial charge in [-0.2, -0.15) is 4.39 Å². The zero-order valence-electron chi connectivity index (χ0n) is 9.82. The third kappa shape index (κ3) is 4.48. The molecule has 0 aliphatic rings. The van der Waals surface area contributed by atoms with E-state index in [4.69, 9.17) is 5.11 Å². The predicted octanol–water partition coefficient (Wildman–Crippen LogP) is 1.36. The Balaban J connectivity index is 2.33. The standard InChI is InChI=1S/C12H17FN2O2/c1-9(8-16)4-2-7-15-12(17)10-5-3-6-14-11(10)13/h3,5-6,9,16H,2,4,7-8H2,1H3,(H,15,17). The summed E-state index contributed by atoms with van der Waals surface area (Å²) in [6.07, 6.45) is 2.89. The van der Waals surface area contributed by atoms with Gasteiger partial charge in [-0.25, -0.2) is 4.98 Å². The Labute approximate surface area is 99.9 Å². The lowest BCUT2D eigenvalue weighted by Crippen LogP contribution is -2.26. The van der Waals surface area contributed by atoms with Gasteiger partial charge in [0.05, 0.1) is 5.56 Å². The third-order valence-corrected chi connectivity index (χ3v) is 2.47. The van der Waals surface area contributed by atoms with Crippen molar-refractivity contribution in [1.82, 2.24) is 10.3 Å². The molecule has 94 valence electrons. The molecule has 1 heterocycles. The van der Waals surface area contributed by atoms with Crippen LogP contribution in [0, 0.1) is 11.9 Å². The minimum Gasteiger partial charge on any atom is -0.396 e. The highest BCUT2D eigenvalue weighted by Crippen LogP contribution is 2.04. The van der Waals surface area contributed by atoms with Gasteiger partial charge in [-0.3, -0.25) is 4.79 Å². The summed E-state index contributed by atoms with van der Waals surface area (Å²) >= 11 is 0. The third-order valence-electron chi connectivity index (χ3n) is 2.47. The molecule has 0 aliphatic carbocycles. The number of carbonyl (C=O) groups excluding carboxylic acids is 1. The molecule has 0 bridgehead atoms. The number of aromatic nitrogens is 1. The molecule has 1 aromatic rings. The lowest BCUT2D eigenvalue weighted by atomic mass is 10.1. The zero-order valence-corrected chi connectivity index (χ0v) is 9.82. The topological polar surface area (TPSA) is 62.2 Å². The van der Waals surface area contributed by atoms with Gasteiger partial charge in [0.1, 0.15) is 0 Å². The molecule has 5 heteroatoms. The molecule has 1 unspecified atom stereocenters. The number of halogens is 1. The maximum absolute atomic E-state index is 13.1. The first-order valence-corrected chi connectivity index (χ1v) is 5.64. The van der Waals surface area contributed by atoms with E-state index in [0.717, 1.165) is 12.8 Å². The van der Waals surface area contributed by atoms with E-state index in [1.807, 2.05) is 6.92 Å². The van der Waals surface area contributed by atoms with Gasteiger partial charge in [0.15, 0.2) is 0 Å². The van der Waals surface area contributed by atoms with E-state index in [-0.39, 0.29) is 18.1 Å². The molecule has 0 radical (unpaired) electrons. The monoisotopic (exact) mass is 240 g/mol. The Morgan fingerprint density at radius 3 is 3.06 bits per heavy atom. The maximum Gasteiger partial charge on any atom is 0.255 e. The summed E-state index contributed by atoms with van der Waals surface area (Å²) in [5.41, 5.74) is -0.0392. The fourth-order valence-electron chi connectivity index (χ4n) is 1.39. The van der Waals surface area contributed by atoms with Gasteiger partial charge in [-0.05, 0) is 30.9 Å². The van der Waals surface area contributed by atoms with Crippen LogP contribution in [0.5, 0.6) is 0 Å². The van der Waals surface area contributed by atoms with E-state index >= 15 is 0 Å². The normalized spacial score (nSPS) is 12.2. The predicted molar refractivity (Wildman–Crippen MR) is 62.0 cm³/mol. The van der Waals surface area contributed by atoms with Crippen LogP contribution in [-0.2, 0) is 0 Å². The van der Waals surface area contributed by atoms with Crippen molar-refractivity contribution in [2.24, 2.45) is 5.92 Å². The molecule has 0 spiro atoms. The minimum absolute atomic E-state index is 0.0392. The van der Waals surface area contributed by atoms with Crippen molar-refractivity contribution >= 4 is 5.91 Å². The summed E-state index contributed by atoms with van der Waals surface area (Å²) in [5, 5.41) is 11.4. The van der Waals surface area contributed by atoms with Gasteiger partial charge in [0.25, 0.3) is 5.91 Å². The van der Waals surface area contributed by atoms with Crippen LogP contribution in [0.1, 0.15) is 30.1 Å². The number of aliphatic hydroxyl groups is 1. The highest BCUT2D eigenvalue weighted by atomic mass is 19.1. The highest BCUT2D eigenvalue weighted by molar-refractivity contribution is 5.94. The first kappa shape index (κ1) is 13.6. The van der Waals surface area contributed by atoms with Crippen LogP contribution >= 0.6 is 0 Å². The van der Waals surface area contributed by atoms with Crippen molar-refractivity contribution in [3.05, 3.63) is 29.8 Å². The van der Waals surface area contributed by atoms with Crippen molar-refractivity contribution in [2.75, 3.05) is 13.2 Å². The van der Waals surface area contributed by atoms with Crippen molar-refractivity contribution in [3.63, 3.8) is 0 Å². The van der Waals surface area contributed by atoms with Gasteiger partial charge in [0.2, 0.25) is 5.95 Å². The molecule has 1 rings (SSSR count). The minimum atomic E-state index is -0.756. The average molecular weight is 240 g/mol. The fraction of sp³-hybridized carbons (Fsp3) is 0.500. The molecular formula is C12H17FN2O2. The first-order valence-electron chi connectivity index (χ1n) is 5.64. The largest absolute Gasteiger partial charge is 0.396 e. The van der Waals surface area contributed by atoms with E-state index in [2.05, 4.69) is 10.3 Å². The summed E-state index contributed by atoms with van der Waals surface area (Å²) in [6, 6.07) is 2.92. The molecule has 0 aliphatic heterocycles. The summed E-state index contributed by atoms with van der Waals surface area (Å²) in [5.74, 6) is -0.983. The summed E-state index contributed by atoms with van der Waals surface area (Å²) < 4.78 is 13.1. The molecule has 2 N–H and O–H groups in total. The van der Waals surface area contributed by atoms with Crippen LogP contribution in [0.4, 0.5) is 4.39 Å². The second-order valence-corrected chi connectivity index (χ2v) is 4.03. The molecule has 0 saturated heterocycles. The van der Waals surface area contributed by atoms with Crippen LogP contribution in [0.2, 0.25) is 0 Å². The van der Waals surface area contributed by atoms with E-state index < -0.39 is 11.9 Å². The lowest BCUT2D eigenvalue weighted by Gasteiger charge is -2.08. The van der Waals surface area contributed by atoms with E-state index in [9.17, 15) is 9.18 Å². The quantitative estimate of drug-likeness (QED) is 0.583. The number of rotatable bonds is 6. The first-order chi connectivity index (χ1) is 8.15. The summed E-state index contributed by atoms with van der Waals surface area (Å²) in [7, 11) is 0. The van der Waals surface area contributed by atoms with E-state index in [1.54, 1.807) is 0 Å². The second kappa shape index (κ2) is 6.96. The highest BCUT2D eigenvalue weighted by Gasteiger charge is 2.11. The Bertz CT molecular complexity index is 371. The van der Waals surface area contributed by atoms with Crippen LogP contribution < -0.4 is 5.32 Å². The number of nitrogens with zero attached hydrogens (tertiary/aromatic N) is 1. The number of carbonyl (C=O) groups is 1. The smallest absolute Gasteiger partial charge is 0.255 e. The Hall–Kier alpha value is -1.49. The molecule has 4 nitrogen and oxygen atoms in total. The van der Waals surface area contributed by atoms with E-state index in [0.29, 0.717) is 6.54 Å².